The van der Waals surface area contributed by atoms with Gasteiger partial charge in [-0.2, -0.15) is 0 Å². The van der Waals surface area contributed by atoms with Gasteiger partial charge >= 0.3 is 0 Å². The third-order valence-corrected chi connectivity index (χ3v) is 5.40. The van der Waals surface area contributed by atoms with Crippen molar-refractivity contribution in [1.29, 1.82) is 0 Å². The largest absolute Gasteiger partial charge is 0.492 e. The van der Waals surface area contributed by atoms with Crippen LogP contribution in [0.2, 0.25) is 0 Å². The summed E-state index contributed by atoms with van der Waals surface area (Å²) in [5.74, 6) is 1.58. The smallest absolute Gasteiger partial charge is 0.119 e. The number of hydrogen-bond acceptors (Lipinski definition) is 4. The van der Waals surface area contributed by atoms with Crippen LogP contribution in [0.25, 0.3) is 0 Å². The summed E-state index contributed by atoms with van der Waals surface area (Å²) >= 11 is 0. The number of nitrogens with zero attached hydrogens (tertiary/aromatic N) is 3. The lowest BCUT2D eigenvalue weighted by molar-refractivity contribution is 0.237. The molecule has 1 aromatic carbocycles. The topological polar surface area (TPSA) is 28.6 Å². The Kier molecular flexibility index (Phi) is 5.17. The second-order valence-corrected chi connectivity index (χ2v) is 7.11. The highest BCUT2D eigenvalue weighted by Gasteiger charge is 2.24. The maximum atomic E-state index is 6.01. The molecule has 1 atom stereocenters. The van der Waals surface area contributed by atoms with E-state index in [1.165, 1.54) is 43.6 Å². The lowest BCUT2D eigenvalue weighted by atomic mass is 9.98. The van der Waals surface area contributed by atoms with Crippen LogP contribution >= 0.6 is 0 Å². The van der Waals surface area contributed by atoms with Crippen LogP contribution in [0, 0.1) is 0 Å². The van der Waals surface area contributed by atoms with E-state index in [1.54, 1.807) is 0 Å². The molecule has 3 heterocycles. The zero-order chi connectivity index (χ0) is 16.9. The lowest BCUT2D eigenvalue weighted by Crippen LogP contribution is -2.25. The fourth-order valence-corrected chi connectivity index (χ4v) is 3.96. The summed E-state index contributed by atoms with van der Waals surface area (Å²) < 4.78 is 6.01. The molecule has 2 aliphatic rings. The van der Waals surface area contributed by atoms with Crippen molar-refractivity contribution in [2.24, 2.45) is 0 Å². The van der Waals surface area contributed by atoms with Gasteiger partial charge in [-0.25, -0.2) is 0 Å². The van der Waals surface area contributed by atoms with Gasteiger partial charge in [0.2, 0.25) is 0 Å². The van der Waals surface area contributed by atoms with Crippen LogP contribution < -0.4 is 9.64 Å². The summed E-state index contributed by atoms with van der Waals surface area (Å²) in [5, 5.41) is 0. The summed E-state index contributed by atoms with van der Waals surface area (Å²) in [6, 6.07) is 12.9. The standard InChI is InChI=1S/C21H27N3O/c1-2-11-23(10-1)13-14-25-21-7-3-5-18(15-21)19-8-12-24(17-19)20-6-4-9-22-16-20/h3-7,9,15-16,19H,1-2,8,10-14,17H2. The minimum absolute atomic E-state index is 0.572. The van der Waals surface area contributed by atoms with Gasteiger partial charge in [-0.3, -0.25) is 9.88 Å². The Bertz CT molecular complexity index is 670. The number of likely N-dealkylation sites (tertiary alicyclic amines) is 1. The van der Waals surface area contributed by atoms with E-state index in [0.29, 0.717) is 5.92 Å². The van der Waals surface area contributed by atoms with Crippen molar-refractivity contribution in [1.82, 2.24) is 9.88 Å². The van der Waals surface area contributed by atoms with Crippen molar-refractivity contribution in [2.75, 3.05) is 44.2 Å². The van der Waals surface area contributed by atoms with E-state index >= 15 is 0 Å². The molecule has 0 saturated carbocycles. The third-order valence-electron chi connectivity index (χ3n) is 5.40. The highest BCUT2D eigenvalue weighted by atomic mass is 16.5. The van der Waals surface area contributed by atoms with Crippen LogP contribution in [0.1, 0.15) is 30.7 Å². The Morgan fingerprint density at radius 2 is 2.00 bits per heavy atom. The molecule has 2 aromatic rings. The minimum Gasteiger partial charge on any atom is -0.492 e. The fourth-order valence-electron chi connectivity index (χ4n) is 3.96. The molecule has 0 N–H and O–H groups in total. The Morgan fingerprint density at radius 3 is 2.84 bits per heavy atom. The highest BCUT2D eigenvalue weighted by molar-refractivity contribution is 5.46. The van der Waals surface area contributed by atoms with E-state index in [1.807, 2.05) is 18.5 Å². The number of benzene rings is 1. The number of aromatic nitrogens is 1. The molecule has 1 unspecified atom stereocenters. The number of hydrogen-bond donors (Lipinski definition) is 0. The van der Waals surface area contributed by atoms with Crippen LogP contribution in [0.5, 0.6) is 5.75 Å². The maximum absolute atomic E-state index is 6.01. The van der Waals surface area contributed by atoms with Gasteiger partial charge in [0.15, 0.2) is 0 Å². The van der Waals surface area contributed by atoms with E-state index in [-0.39, 0.29) is 0 Å². The molecular weight excluding hydrogens is 310 g/mol. The Balaban J connectivity index is 1.33. The molecule has 0 aliphatic carbocycles. The average Bonchev–Trinajstić information content (AvgIpc) is 3.35. The van der Waals surface area contributed by atoms with Crippen LogP contribution in [-0.2, 0) is 0 Å². The van der Waals surface area contributed by atoms with Crippen LogP contribution in [0.3, 0.4) is 0 Å². The second kappa shape index (κ2) is 7.87. The molecular formula is C21H27N3O. The zero-order valence-electron chi connectivity index (χ0n) is 14.8. The Labute approximate surface area is 150 Å². The van der Waals surface area contributed by atoms with E-state index in [0.717, 1.165) is 32.0 Å². The zero-order valence-corrected chi connectivity index (χ0v) is 14.8. The number of ether oxygens (including phenoxy) is 1. The van der Waals surface area contributed by atoms with E-state index in [9.17, 15) is 0 Å². The van der Waals surface area contributed by atoms with Crippen molar-refractivity contribution in [3.63, 3.8) is 0 Å². The molecule has 0 amide bonds. The molecule has 4 heteroatoms. The number of rotatable bonds is 6. The maximum Gasteiger partial charge on any atom is 0.119 e. The molecule has 0 radical (unpaired) electrons. The predicted octanol–water partition coefficient (Wildman–Crippen LogP) is 3.55. The molecule has 0 bridgehead atoms. The van der Waals surface area contributed by atoms with Gasteiger partial charge in [0.1, 0.15) is 12.4 Å². The number of anilines is 1. The summed E-state index contributed by atoms with van der Waals surface area (Å²) in [6.45, 7) is 6.45. The van der Waals surface area contributed by atoms with Gasteiger partial charge in [0, 0.05) is 31.7 Å². The molecule has 1 aromatic heterocycles. The van der Waals surface area contributed by atoms with Gasteiger partial charge in [-0.15, -0.1) is 0 Å². The normalized spacial score (nSPS) is 21.0. The summed E-state index contributed by atoms with van der Waals surface area (Å²) in [5.41, 5.74) is 2.62. The molecule has 0 spiro atoms. The SMILES string of the molecule is c1cc(OCCN2CCCC2)cc(C2CCN(c3cccnc3)C2)c1. The van der Waals surface area contributed by atoms with Gasteiger partial charge < -0.3 is 9.64 Å². The summed E-state index contributed by atoms with van der Waals surface area (Å²) in [4.78, 5) is 9.16. The quantitative estimate of drug-likeness (QED) is 0.806. The average molecular weight is 337 g/mol. The highest BCUT2D eigenvalue weighted by Crippen LogP contribution is 2.31. The van der Waals surface area contributed by atoms with Crippen molar-refractivity contribution in [3.05, 3.63) is 54.4 Å². The van der Waals surface area contributed by atoms with E-state index in [4.69, 9.17) is 4.74 Å². The third kappa shape index (κ3) is 4.13. The van der Waals surface area contributed by atoms with Crippen LogP contribution in [0.4, 0.5) is 5.69 Å². The monoisotopic (exact) mass is 337 g/mol. The number of pyridine rings is 1. The van der Waals surface area contributed by atoms with E-state index < -0.39 is 0 Å². The minimum atomic E-state index is 0.572. The molecule has 2 fully saturated rings. The second-order valence-electron chi connectivity index (χ2n) is 7.11. The first-order valence-electron chi connectivity index (χ1n) is 9.48. The molecule has 2 saturated heterocycles. The van der Waals surface area contributed by atoms with Crippen molar-refractivity contribution in [2.45, 2.75) is 25.2 Å². The van der Waals surface area contributed by atoms with Gasteiger partial charge in [0.05, 0.1) is 11.9 Å². The lowest BCUT2D eigenvalue weighted by Gasteiger charge is -2.18. The van der Waals surface area contributed by atoms with Crippen molar-refractivity contribution in [3.8, 4) is 5.75 Å². The van der Waals surface area contributed by atoms with Crippen LogP contribution in [-0.4, -0.2) is 49.2 Å². The fraction of sp³-hybridized carbons (Fsp3) is 0.476. The Morgan fingerprint density at radius 1 is 1.08 bits per heavy atom. The first-order valence-corrected chi connectivity index (χ1v) is 9.48. The summed E-state index contributed by atoms with van der Waals surface area (Å²) in [7, 11) is 0. The molecule has 2 aliphatic heterocycles. The van der Waals surface area contributed by atoms with Gasteiger partial charge in [-0.1, -0.05) is 12.1 Å². The van der Waals surface area contributed by atoms with Gasteiger partial charge in [-0.05, 0) is 62.2 Å². The van der Waals surface area contributed by atoms with Crippen molar-refractivity contribution < 1.29 is 4.74 Å². The van der Waals surface area contributed by atoms with Crippen LogP contribution in [0.15, 0.2) is 48.8 Å². The Hall–Kier alpha value is -2.07. The van der Waals surface area contributed by atoms with Crippen molar-refractivity contribution >= 4 is 5.69 Å². The molecule has 4 nitrogen and oxygen atoms in total. The molecule has 132 valence electrons. The molecule has 25 heavy (non-hydrogen) atoms. The summed E-state index contributed by atoms with van der Waals surface area (Å²) in [6.07, 6.45) is 7.65. The predicted molar refractivity (Wildman–Crippen MR) is 101 cm³/mol. The first kappa shape index (κ1) is 16.4. The van der Waals surface area contributed by atoms with Gasteiger partial charge in [0.25, 0.3) is 0 Å². The first-order chi connectivity index (χ1) is 12.4. The van der Waals surface area contributed by atoms with E-state index in [2.05, 4.69) is 45.1 Å². The molecule has 4 rings (SSSR count).